The van der Waals surface area contributed by atoms with Crippen molar-refractivity contribution in [1.29, 1.82) is 0 Å². The molecule has 150 valence electrons. The summed E-state index contributed by atoms with van der Waals surface area (Å²) in [4.78, 5) is 38.6. The molecule has 26 heavy (non-hydrogen) atoms. The smallest absolute Gasteiger partial charge is 0.408 e. The number of nitrogens with zero attached hydrogens (tertiary/aromatic N) is 1. The number of nitrogens with one attached hydrogen (secondary N) is 1. The van der Waals surface area contributed by atoms with Crippen LogP contribution in [0.15, 0.2) is 0 Å². The molecule has 1 aliphatic heterocycles. The summed E-state index contributed by atoms with van der Waals surface area (Å²) in [5.41, 5.74) is -1.99. The molecule has 1 heterocycles. The fourth-order valence-electron chi connectivity index (χ4n) is 2.78. The van der Waals surface area contributed by atoms with E-state index in [4.69, 9.17) is 9.47 Å². The lowest BCUT2D eigenvalue weighted by Crippen LogP contribution is -2.51. The van der Waals surface area contributed by atoms with Gasteiger partial charge in [0.05, 0.1) is 0 Å². The number of amides is 2. The zero-order chi connectivity index (χ0) is 20.3. The summed E-state index contributed by atoms with van der Waals surface area (Å²) < 4.78 is 10.7. The summed E-state index contributed by atoms with van der Waals surface area (Å²) in [5.74, 6) is -0.555. The SMILES string of the molecule is CC(C)(CC(=O)N1CCC[C@@H]1C(=O)OC(C)(C)C)NC(=O)OC(C)(C)C. The van der Waals surface area contributed by atoms with Crippen LogP contribution in [0.2, 0.25) is 0 Å². The molecule has 1 atom stereocenters. The van der Waals surface area contributed by atoms with Crippen molar-refractivity contribution in [1.82, 2.24) is 10.2 Å². The molecule has 1 fully saturated rings. The van der Waals surface area contributed by atoms with Gasteiger partial charge < -0.3 is 19.7 Å². The molecule has 0 aromatic rings. The summed E-state index contributed by atoms with van der Waals surface area (Å²) in [7, 11) is 0. The molecule has 0 saturated carbocycles. The second-order valence-corrected chi connectivity index (χ2v) is 9.47. The van der Waals surface area contributed by atoms with Crippen LogP contribution in [0.25, 0.3) is 0 Å². The lowest BCUT2D eigenvalue weighted by Gasteiger charge is -2.32. The maximum atomic E-state index is 12.7. The zero-order valence-electron chi connectivity index (χ0n) is 17.4. The summed E-state index contributed by atoms with van der Waals surface area (Å²) in [6.07, 6.45) is 0.863. The molecule has 0 radical (unpaired) electrons. The van der Waals surface area contributed by atoms with Crippen molar-refractivity contribution in [3.05, 3.63) is 0 Å². The third kappa shape index (κ3) is 7.62. The van der Waals surface area contributed by atoms with Crippen molar-refractivity contribution >= 4 is 18.0 Å². The minimum absolute atomic E-state index is 0.0749. The van der Waals surface area contributed by atoms with Gasteiger partial charge in [-0.2, -0.15) is 0 Å². The van der Waals surface area contributed by atoms with Crippen molar-refractivity contribution in [3.8, 4) is 0 Å². The van der Waals surface area contributed by atoms with Crippen molar-refractivity contribution in [3.63, 3.8) is 0 Å². The van der Waals surface area contributed by atoms with E-state index >= 15 is 0 Å². The fourth-order valence-corrected chi connectivity index (χ4v) is 2.78. The second kappa shape index (κ2) is 7.84. The maximum absolute atomic E-state index is 12.7. The number of hydrogen-bond donors (Lipinski definition) is 1. The number of carbonyl (C=O) groups excluding carboxylic acids is 3. The predicted molar refractivity (Wildman–Crippen MR) is 98.6 cm³/mol. The molecule has 7 heteroatoms. The van der Waals surface area contributed by atoms with Crippen LogP contribution in [0.1, 0.15) is 74.7 Å². The summed E-state index contributed by atoms with van der Waals surface area (Å²) >= 11 is 0. The Balaban J connectivity index is 2.69. The quantitative estimate of drug-likeness (QED) is 0.769. The van der Waals surface area contributed by atoms with E-state index in [0.717, 1.165) is 6.42 Å². The Bertz CT molecular complexity index is 543. The van der Waals surface area contributed by atoms with Gasteiger partial charge in [-0.25, -0.2) is 9.59 Å². The number of esters is 1. The monoisotopic (exact) mass is 370 g/mol. The van der Waals surface area contributed by atoms with E-state index in [2.05, 4.69) is 5.32 Å². The van der Waals surface area contributed by atoms with Crippen LogP contribution in [-0.4, -0.2) is 52.2 Å². The van der Waals surface area contributed by atoms with Gasteiger partial charge >= 0.3 is 12.1 Å². The van der Waals surface area contributed by atoms with Crippen LogP contribution in [0.3, 0.4) is 0 Å². The third-order valence-corrected chi connectivity index (χ3v) is 3.68. The van der Waals surface area contributed by atoms with Gasteiger partial charge in [0, 0.05) is 18.5 Å². The van der Waals surface area contributed by atoms with Crippen molar-refractivity contribution in [2.75, 3.05) is 6.54 Å². The highest BCUT2D eigenvalue weighted by Gasteiger charge is 2.39. The van der Waals surface area contributed by atoms with Gasteiger partial charge in [0.1, 0.15) is 17.2 Å². The molecule has 1 saturated heterocycles. The Labute approximate surface area is 156 Å². The van der Waals surface area contributed by atoms with E-state index in [1.54, 1.807) is 60.3 Å². The Hall–Kier alpha value is -1.79. The largest absolute Gasteiger partial charge is 0.458 e. The minimum atomic E-state index is -0.791. The van der Waals surface area contributed by atoms with Gasteiger partial charge in [-0.1, -0.05) is 0 Å². The predicted octanol–water partition coefficient (Wildman–Crippen LogP) is 3.01. The first-order valence-electron chi connectivity index (χ1n) is 9.13. The Morgan fingerprint density at radius 2 is 1.50 bits per heavy atom. The molecular weight excluding hydrogens is 336 g/mol. The Kier molecular flexibility index (Phi) is 6.71. The van der Waals surface area contributed by atoms with Crippen LogP contribution in [-0.2, 0) is 19.1 Å². The van der Waals surface area contributed by atoms with Crippen LogP contribution < -0.4 is 5.32 Å². The van der Waals surface area contributed by atoms with Gasteiger partial charge in [0.25, 0.3) is 0 Å². The van der Waals surface area contributed by atoms with Gasteiger partial charge in [-0.3, -0.25) is 4.79 Å². The van der Waals surface area contributed by atoms with E-state index in [0.29, 0.717) is 13.0 Å². The summed E-state index contributed by atoms with van der Waals surface area (Å²) in [5, 5.41) is 2.72. The van der Waals surface area contributed by atoms with Gasteiger partial charge in [0.2, 0.25) is 5.91 Å². The first-order chi connectivity index (χ1) is 11.6. The molecule has 2 amide bonds. The lowest BCUT2D eigenvalue weighted by atomic mass is 9.99. The molecule has 0 aromatic carbocycles. The van der Waals surface area contributed by atoms with E-state index in [-0.39, 0.29) is 18.3 Å². The van der Waals surface area contributed by atoms with Crippen LogP contribution in [0, 0.1) is 0 Å². The van der Waals surface area contributed by atoms with Crippen LogP contribution >= 0.6 is 0 Å². The maximum Gasteiger partial charge on any atom is 0.408 e. The van der Waals surface area contributed by atoms with Crippen LogP contribution in [0.5, 0.6) is 0 Å². The molecule has 0 aromatic heterocycles. The molecule has 0 bridgehead atoms. The molecule has 1 rings (SSSR count). The number of carbonyl (C=O) groups is 3. The van der Waals surface area contributed by atoms with Gasteiger partial charge in [-0.05, 0) is 68.2 Å². The van der Waals surface area contributed by atoms with Crippen molar-refractivity contribution < 1.29 is 23.9 Å². The standard InChI is InChI=1S/C19H34N2O5/c1-17(2,3)25-15(23)13-10-9-11-21(13)14(22)12-19(7,8)20-16(24)26-18(4,5)6/h13H,9-12H2,1-8H3,(H,20,24)/t13-/m1/s1. The first kappa shape index (κ1) is 22.3. The number of hydrogen-bond acceptors (Lipinski definition) is 5. The fraction of sp³-hybridized carbons (Fsp3) is 0.842. The lowest BCUT2D eigenvalue weighted by molar-refractivity contribution is -0.163. The normalized spacial score (nSPS) is 18.5. The molecule has 0 aliphatic carbocycles. The topological polar surface area (TPSA) is 84.9 Å². The number of alkyl carbamates (subject to hydrolysis) is 1. The Morgan fingerprint density at radius 1 is 0.962 bits per heavy atom. The Morgan fingerprint density at radius 3 is 2.00 bits per heavy atom. The molecule has 1 N–H and O–H groups in total. The van der Waals surface area contributed by atoms with Crippen molar-refractivity contribution in [2.45, 2.75) is 97.4 Å². The van der Waals surface area contributed by atoms with Crippen LogP contribution in [0.4, 0.5) is 4.79 Å². The minimum Gasteiger partial charge on any atom is -0.458 e. The van der Waals surface area contributed by atoms with Gasteiger partial charge in [0.15, 0.2) is 0 Å². The summed E-state index contributed by atoms with van der Waals surface area (Å²) in [6, 6.07) is -0.556. The third-order valence-electron chi connectivity index (χ3n) is 3.68. The summed E-state index contributed by atoms with van der Waals surface area (Å²) in [6.45, 7) is 14.8. The average molecular weight is 370 g/mol. The van der Waals surface area contributed by atoms with E-state index < -0.39 is 28.9 Å². The number of likely N-dealkylation sites (tertiary alicyclic amines) is 1. The van der Waals surface area contributed by atoms with E-state index in [1.165, 1.54) is 0 Å². The second-order valence-electron chi connectivity index (χ2n) is 9.47. The number of ether oxygens (including phenoxy) is 2. The first-order valence-corrected chi connectivity index (χ1v) is 9.13. The number of rotatable bonds is 4. The van der Waals surface area contributed by atoms with Gasteiger partial charge in [-0.15, -0.1) is 0 Å². The van der Waals surface area contributed by atoms with E-state index in [1.807, 2.05) is 0 Å². The zero-order valence-corrected chi connectivity index (χ0v) is 17.4. The molecule has 7 nitrogen and oxygen atoms in total. The van der Waals surface area contributed by atoms with Crippen molar-refractivity contribution in [2.24, 2.45) is 0 Å². The molecule has 0 unspecified atom stereocenters. The highest BCUT2D eigenvalue weighted by molar-refractivity contribution is 5.86. The average Bonchev–Trinajstić information content (AvgIpc) is 2.81. The molecular formula is C19H34N2O5. The van der Waals surface area contributed by atoms with E-state index in [9.17, 15) is 14.4 Å². The highest BCUT2D eigenvalue weighted by atomic mass is 16.6. The molecule has 1 aliphatic rings. The molecule has 0 spiro atoms. The highest BCUT2D eigenvalue weighted by Crippen LogP contribution is 2.24.